The Kier molecular flexibility index (Phi) is 5.03. The third-order valence-corrected chi connectivity index (χ3v) is 4.87. The van der Waals surface area contributed by atoms with E-state index in [1.165, 1.54) is 19.2 Å². The molecule has 0 aliphatic heterocycles. The number of carboxylic acid groups (broad SMARTS) is 1. The number of halogens is 2. The number of aliphatic carboxylic acids is 1. The van der Waals surface area contributed by atoms with E-state index in [-0.39, 0.29) is 5.75 Å². The first-order valence-corrected chi connectivity index (χ1v) is 8.04. The second kappa shape index (κ2) is 6.83. The van der Waals surface area contributed by atoms with Crippen LogP contribution in [0.5, 0.6) is 5.75 Å². The molecular formula is C15H13F2NO5S. The van der Waals surface area contributed by atoms with Gasteiger partial charge >= 0.3 is 5.97 Å². The first-order valence-electron chi connectivity index (χ1n) is 6.60. The predicted molar refractivity (Wildman–Crippen MR) is 81.5 cm³/mol. The summed E-state index contributed by atoms with van der Waals surface area (Å²) < 4.78 is 58.1. The van der Waals surface area contributed by atoms with Crippen molar-refractivity contribution < 1.29 is 31.8 Å². The van der Waals surface area contributed by atoms with Crippen LogP contribution in [0.1, 0.15) is 0 Å². The van der Waals surface area contributed by atoms with Gasteiger partial charge in [-0.25, -0.2) is 17.2 Å². The Labute approximate surface area is 137 Å². The maximum absolute atomic E-state index is 13.9. The molecule has 2 rings (SSSR count). The number of hydrogen-bond acceptors (Lipinski definition) is 4. The lowest BCUT2D eigenvalue weighted by molar-refractivity contribution is -0.135. The van der Waals surface area contributed by atoms with Gasteiger partial charge in [0.1, 0.15) is 12.4 Å². The molecule has 128 valence electrons. The lowest BCUT2D eigenvalue weighted by atomic mass is 10.3. The molecule has 0 amide bonds. The number of ether oxygens (including phenoxy) is 1. The smallest absolute Gasteiger partial charge is 0.324 e. The Morgan fingerprint density at radius 1 is 1.17 bits per heavy atom. The van der Waals surface area contributed by atoms with Gasteiger partial charge in [0, 0.05) is 0 Å². The molecule has 0 aliphatic carbocycles. The number of sulfonamides is 1. The normalized spacial score (nSPS) is 11.1. The minimum atomic E-state index is -4.50. The summed E-state index contributed by atoms with van der Waals surface area (Å²) in [6.45, 7) is -1.02. The van der Waals surface area contributed by atoms with Crippen LogP contribution in [0.3, 0.4) is 0 Å². The number of para-hydroxylation sites is 1. The molecule has 0 spiro atoms. The molecule has 0 aromatic heterocycles. The molecule has 1 N–H and O–H groups in total. The topological polar surface area (TPSA) is 83.9 Å². The molecule has 24 heavy (non-hydrogen) atoms. The highest BCUT2D eigenvalue weighted by molar-refractivity contribution is 7.92. The summed E-state index contributed by atoms with van der Waals surface area (Å²) in [6.07, 6.45) is 0. The molecule has 0 unspecified atom stereocenters. The van der Waals surface area contributed by atoms with Gasteiger partial charge in [0.15, 0.2) is 11.6 Å². The van der Waals surface area contributed by atoms with Gasteiger partial charge in [-0.05, 0) is 30.3 Å². The molecule has 0 saturated heterocycles. The highest BCUT2D eigenvalue weighted by atomic mass is 32.2. The van der Waals surface area contributed by atoms with Crippen molar-refractivity contribution in [2.75, 3.05) is 18.0 Å². The quantitative estimate of drug-likeness (QED) is 0.857. The Bertz CT molecular complexity index is 870. The minimum Gasteiger partial charge on any atom is -0.494 e. The zero-order chi connectivity index (χ0) is 17.9. The van der Waals surface area contributed by atoms with Crippen molar-refractivity contribution in [2.45, 2.75) is 4.90 Å². The van der Waals surface area contributed by atoms with Crippen molar-refractivity contribution in [3.05, 3.63) is 54.1 Å². The van der Waals surface area contributed by atoms with Crippen molar-refractivity contribution in [1.82, 2.24) is 0 Å². The number of carbonyl (C=O) groups is 1. The van der Waals surface area contributed by atoms with Gasteiger partial charge in [0.05, 0.1) is 17.7 Å². The van der Waals surface area contributed by atoms with Crippen molar-refractivity contribution in [3.8, 4) is 5.75 Å². The number of rotatable bonds is 6. The van der Waals surface area contributed by atoms with Crippen LogP contribution in [0, 0.1) is 11.6 Å². The van der Waals surface area contributed by atoms with Crippen LogP contribution in [-0.4, -0.2) is 33.1 Å². The standard InChI is InChI=1S/C15H13F2NO5S/c1-23-14-7-6-10(8-12(14)17)24(21,22)18(9-15(19)20)13-5-3-2-4-11(13)16/h2-8H,9H2,1H3,(H,19,20). The third-order valence-electron chi connectivity index (χ3n) is 3.11. The van der Waals surface area contributed by atoms with E-state index in [9.17, 15) is 22.0 Å². The lowest BCUT2D eigenvalue weighted by Gasteiger charge is -2.23. The lowest BCUT2D eigenvalue weighted by Crippen LogP contribution is -2.36. The summed E-state index contributed by atoms with van der Waals surface area (Å²) in [7, 11) is -3.29. The van der Waals surface area contributed by atoms with E-state index in [4.69, 9.17) is 9.84 Å². The first-order chi connectivity index (χ1) is 11.3. The second-order valence-corrected chi connectivity index (χ2v) is 6.52. The number of methoxy groups -OCH3 is 1. The Balaban J connectivity index is 2.58. The third kappa shape index (κ3) is 3.46. The Hall–Kier alpha value is -2.68. The summed E-state index contributed by atoms with van der Waals surface area (Å²) in [4.78, 5) is 10.5. The van der Waals surface area contributed by atoms with Crippen LogP contribution < -0.4 is 9.04 Å². The van der Waals surface area contributed by atoms with Gasteiger partial charge in [-0.15, -0.1) is 0 Å². The maximum atomic E-state index is 13.9. The molecule has 0 fully saturated rings. The van der Waals surface area contributed by atoms with Gasteiger partial charge in [-0.1, -0.05) is 12.1 Å². The number of hydrogen-bond donors (Lipinski definition) is 1. The molecule has 0 radical (unpaired) electrons. The van der Waals surface area contributed by atoms with Crippen molar-refractivity contribution in [3.63, 3.8) is 0 Å². The zero-order valence-corrected chi connectivity index (χ0v) is 13.3. The molecule has 6 nitrogen and oxygen atoms in total. The van der Waals surface area contributed by atoms with Gasteiger partial charge in [0.2, 0.25) is 0 Å². The Morgan fingerprint density at radius 3 is 2.38 bits per heavy atom. The van der Waals surface area contributed by atoms with Crippen LogP contribution in [0.25, 0.3) is 0 Å². The summed E-state index contributed by atoms with van der Waals surface area (Å²) in [5, 5.41) is 8.96. The van der Waals surface area contributed by atoms with Gasteiger partial charge < -0.3 is 9.84 Å². The number of benzene rings is 2. The molecule has 0 saturated carbocycles. The Morgan fingerprint density at radius 2 is 1.83 bits per heavy atom. The van der Waals surface area contributed by atoms with Crippen molar-refractivity contribution >= 4 is 21.7 Å². The van der Waals surface area contributed by atoms with E-state index in [1.54, 1.807) is 0 Å². The molecule has 0 aliphatic rings. The van der Waals surface area contributed by atoms with Crippen LogP contribution >= 0.6 is 0 Å². The molecule has 2 aromatic carbocycles. The van der Waals surface area contributed by atoms with E-state index in [0.29, 0.717) is 10.4 Å². The average Bonchev–Trinajstić information content (AvgIpc) is 2.53. The molecular weight excluding hydrogens is 344 g/mol. The highest BCUT2D eigenvalue weighted by Gasteiger charge is 2.29. The largest absolute Gasteiger partial charge is 0.494 e. The first kappa shape index (κ1) is 17.7. The van der Waals surface area contributed by atoms with Gasteiger partial charge in [0.25, 0.3) is 10.0 Å². The summed E-state index contributed by atoms with van der Waals surface area (Å²) >= 11 is 0. The minimum absolute atomic E-state index is 0.176. The van der Waals surface area contributed by atoms with Crippen molar-refractivity contribution in [2.24, 2.45) is 0 Å². The fraction of sp³-hybridized carbons (Fsp3) is 0.133. The second-order valence-electron chi connectivity index (χ2n) is 4.65. The van der Waals surface area contributed by atoms with E-state index in [1.807, 2.05) is 0 Å². The average molecular weight is 357 g/mol. The highest BCUT2D eigenvalue weighted by Crippen LogP contribution is 2.28. The van der Waals surface area contributed by atoms with Crippen LogP contribution in [0.4, 0.5) is 14.5 Å². The molecule has 2 aromatic rings. The summed E-state index contributed by atoms with van der Waals surface area (Å²) in [5.74, 6) is -3.53. The van der Waals surface area contributed by atoms with Crippen LogP contribution in [0.15, 0.2) is 47.4 Å². The fourth-order valence-electron chi connectivity index (χ4n) is 2.01. The van der Waals surface area contributed by atoms with Crippen LogP contribution in [0.2, 0.25) is 0 Å². The van der Waals surface area contributed by atoms with Crippen LogP contribution in [-0.2, 0) is 14.8 Å². The fourth-order valence-corrected chi connectivity index (χ4v) is 3.45. The van der Waals surface area contributed by atoms with Gasteiger partial charge in [-0.2, -0.15) is 0 Å². The van der Waals surface area contributed by atoms with E-state index < -0.39 is 44.8 Å². The van der Waals surface area contributed by atoms with E-state index >= 15 is 0 Å². The SMILES string of the molecule is COc1ccc(S(=O)(=O)N(CC(=O)O)c2ccccc2F)cc1F. The molecule has 0 atom stereocenters. The monoisotopic (exact) mass is 357 g/mol. The van der Waals surface area contributed by atoms with Crippen molar-refractivity contribution in [1.29, 1.82) is 0 Å². The number of anilines is 1. The molecule has 9 heteroatoms. The predicted octanol–water partition coefficient (Wildman–Crippen LogP) is 2.25. The van der Waals surface area contributed by atoms with Gasteiger partial charge in [-0.3, -0.25) is 9.10 Å². The summed E-state index contributed by atoms with van der Waals surface area (Å²) in [5.41, 5.74) is -0.448. The number of nitrogens with zero attached hydrogens (tertiary/aromatic N) is 1. The van der Waals surface area contributed by atoms with E-state index in [0.717, 1.165) is 24.3 Å². The summed E-state index contributed by atoms with van der Waals surface area (Å²) in [6, 6.07) is 7.62. The maximum Gasteiger partial charge on any atom is 0.324 e. The molecule has 0 heterocycles. The number of carboxylic acids is 1. The zero-order valence-electron chi connectivity index (χ0n) is 12.4. The van der Waals surface area contributed by atoms with E-state index in [2.05, 4.69) is 0 Å². The molecule has 0 bridgehead atoms.